The Bertz CT molecular complexity index is 949. The minimum atomic E-state index is -0.401. The topological polar surface area (TPSA) is 67.4 Å². The number of hydrogen-bond donors (Lipinski definition) is 1. The predicted molar refractivity (Wildman–Crippen MR) is 108 cm³/mol. The molecule has 28 heavy (non-hydrogen) atoms. The summed E-state index contributed by atoms with van der Waals surface area (Å²) in [5.41, 5.74) is 2.10. The zero-order chi connectivity index (χ0) is 19.5. The van der Waals surface area contributed by atoms with E-state index < -0.39 is 6.09 Å². The molecular weight excluding hydrogens is 352 g/mol. The lowest BCUT2D eigenvalue weighted by atomic mass is 10.0. The van der Waals surface area contributed by atoms with Gasteiger partial charge in [0.1, 0.15) is 11.9 Å². The molecular formula is C22H22N4O2. The molecule has 1 aliphatic heterocycles. The van der Waals surface area contributed by atoms with Crippen molar-refractivity contribution < 1.29 is 9.53 Å². The quantitative estimate of drug-likeness (QED) is 0.699. The maximum atomic E-state index is 12.5. The van der Waals surface area contributed by atoms with Crippen molar-refractivity contribution in [3.8, 4) is 0 Å². The summed E-state index contributed by atoms with van der Waals surface area (Å²) in [6.07, 6.45) is 0.920. The summed E-state index contributed by atoms with van der Waals surface area (Å²) in [6, 6.07) is 21.4. The van der Waals surface area contributed by atoms with Gasteiger partial charge in [0.05, 0.1) is 12.1 Å². The van der Waals surface area contributed by atoms with Gasteiger partial charge in [-0.15, -0.1) is 0 Å². The molecule has 0 spiro atoms. The molecule has 1 fully saturated rings. The van der Waals surface area contributed by atoms with Crippen molar-refractivity contribution in [3.05, 3.63) is 84.1 Å². The highest BCUT2D eigenvalue weighted by Gasteiger charge is 2.41. The SMILES string of the molecule is C[C@H](Nc1nccc(N2C(=O)O[C@@H](c3ccccc3)[C@H]2C)n1)c1ccccc1. The molecule has 2 heterocycles. The van der Waals surface area contributed by atoms with E-state index in [4.69, 9.17) is 4.74 Å². The van der Waals surface area contributed by atoms with Crippen molar-refractivity contribution in [2.45, 2.75) is 32.0 Å². The number of rotatable bonds is 5. The van der Waals surface area contributed by atoms with E-state index >= 15 is 0 Å². The van der Waals surface area contributed by atoms with Crippen LogP contribution in [0.3, 0.4) is 0 Å². The van der Waals surface area contributed by atoms with Crippen LogP contribution in [0.1, 0.15) is 37.1 Å². The lowest BCUT2D eigenvalue weighted by Gasteiger charge is -2.21. The van der Waals surface area contributed by atoms with Gasteiger partial charge in [0.2, 0.25) is 5.95 Å². The average molecular weight is 374 g/mol. The summed E-state index contributed by atoms with van der Waals surface area (Å²) in [4.78, 5) is 23.0. The Kier molecular flexibility index (Phi) is 4.93. The Morgan fingerprint density at radius 3 is 2.43 bits per heavy atom. The molecule has 1 aliphatic rings. The van der Waals surface area contributed by atoms with Crippen LogP contribution in [0.4, 0.5) is 16.6 Å². The maximum Gasteiger partial charge on any atom is 0.416 e. The van der Waals surface area contributed by atoms with Gasteiger partial charge in [-0.05, 0) is 31.0 Å². The number of anilines is 2. The summed E-state index contributed by atoms with van der Waals surface area (Å²) in [7, 11) is 0. The summed E-state index contributed by atoms with van der Waals surface area (Å²) in [5.74, 6) is 0.991. The number of nitrogens with one attached hydrogen (secondary N) is 1. The first-order valence-electron chi connectivity index (χ1n) is 9.33. The average Bonchev–Trinajstić information content (AvgIpc) is 3.03. The van der Waals surface area contributed by atoms with E-state index in [1.807, 2.05) is 74.5 Å². The molecule has 2 aromatic carbocycles. The number of benzene rings is 2. The van der Waals surface area contributed by atoms with Crippen LogP contribution in [0.25, 0.3) is 0 Å². The maximum absolute atomic E-state index is 12.5. The van der Waals surface area contributed by atoms with Gasteiger partial charge in [0, 0.05) is 6.20 Å². The lowest BCUT2D eigenvalue weighted by molar-refractivity contribution is 0.134. The normalized spacial score (nSPS) is 19.9. The van der Waals surface area contributed by atoms with Crippen LogP contribution in [0, 0.1) is 0 Å². The molecule has 0 saturated carbocycles. The predicted octanol–water partition coefficient (Wildman–Crippen LogP) is 4.74. The second kappa shape index (κ2) is 7.68. The minimum absolute atomic E-state index is 0.0384. The van der Waals surface area contributed by atoms with Gasteiger partial charge < -0.3 is 10.1 Å². The van der Waals surface area contributed by atoms with Gasteiger partial charge in [-0.2, -0.15) is 4.98 Å². The number of ether oxygens (including phenoxy) is 1. The summed E-state index contributed by atoms with van der Waals surface area (Å²) >= 11 is 0. The second-order valence-electron chi connectivity index (χ2n) is 6.84. The molecule has 6 nitrogen and oxygen atoms in total. The molecule has 6 heteroatoms. The largest absolute Gasteiger partial charge is 0.439 e. The third-order valence-electron chi connectivity index (χ3n) is 4.93. The molecule has 0 aliphatic carbocycles. The van der Waals surface area contributed by atoms with Crippen LogP contribution in [-0.2, 0) is 4.74 Å². The Morgan fingerprint density at radius 2 is 1.71 bits per heavy atom. The standard InChI is InChI=1S/C22H22N4O2/c1-15(17-9-5-3-6-10-17)24-21-23-14-13-19(25-21)26-16(2)20(28-22(26)27)18-11-7-4-8-12-18/h3-16,20H,1-2H3,(H,23,24,25)/t15-,16+,20+/m0/s1. The first-order chi connectivity index (χ1) is 13.6. The number of carbonyl (C=O) groups excluding carboxylic acids is 1. The first kappa shape index (κ1) is 18.0. The highest BCUT2D eigenvalue weighted by molar-refractivity contribution is 5.89. The summed E-state index contributed by atoms with van der Waals surface area (Å²) < 4.78 is 5.62. The molecule has 0 unspecified atom stereocenters. The third-order valence-corrected chi connectivity index (χ3v) is 4.93. The molecule has 3 aromatic rings. The zero-order valence-corrected chi connectivity index (χ0v) is 15.8. The van der Waals surface area contributed by atoms with E-state index in [0.717, 1.165) is 11.1 Å². The van der Waals surface area contributed by atoms with Crippen LogP contribution in [0.15, 0.2) is 72.9 Å². The van der Waals surface area contributed by atoms with Gasteiger partial charge in [0.25, 0.3) is 0 Å². The van der Waals surface area contributed by atoms with E-state index in [0.29, 0.717) is 11.8 Å². The monoisotopic (exact) mass is 374 g/mol. The van der Waals surface area contributed by atoms with Gasteiger partial charge in [-0.3, -0.25) is 4.90 Å². The molecule has 4 rings (SSSR count). The lowest BCUT2D eigenvalue weighted by Crippen LogP contribution is -2.32. The van der Waals surface area contributed by atoms with Gasteiger partial charge >= 0.3 is 6.09 Å². The first-order valence-corrected chi connectivity index (χ1v) is 9.33. The summed E-state index contributed by atoms with van der Waals surface area (Å²) in [6.45, 7) is 4.01. The van der Waals surface area contributed by atoms with Gasteiger partial charge in [-0.1, -0.05) is 60.7 Å². The zero-order valence-electron chi connectivity index (χ0n) is 15.8. The number of hydrogen-bond acceptors (Lipinski definition) is 5. The third kappa shape index (κ3) is 3.53. The Balaban J connectivity index is 1.55. The Hall–Kier alpha value is -3.41. The van der Waals surface area contributed by atoms with Crippen molar-refractivity contribution in [1.82, 2.24) is 9.97 Å². The van der Waals surface area contributed by atoms with Gasteiger partial charge in [-0.25, -0.2) is 9.78 Å². The fourth-order valence-corrected chi connectivity index (χ4v) is 3.43. The second-order valence-corrected chi connectivity index (χ2v) is 6.84. The van der Waals surface area contributed by atoms with Gasteiger partial charge in [0.15, 0.2) is 0 Å². The molecule has 1 saturated heterocycles. The highest BCUT2D eigenvalue weighted by Crippen LogP contribution is 2.35. The van der Waals surface area contributed by atoms with Crippen molar-refractivity contribution in [2.75, 3.05) is 10.2 Å². The van der Waals surface area contributed by atoms with Crippen LogP contribution in [-0.4, -0.2) is 22.1 Å². The van der Waals surface area contributed by atoms with Crippen molar-refractivity contribution in [2.24, 2.45) is 0 Å². The van der Waals surface area contributed by atoms with E-state index in [2.05, 4.69) is 15.3 Å². The molecule has 0 bridgehead atoms. The van der Waals surface area contributed by atoms with Crippen molar-refractivity contribution in [1.29, 1.82) is 0 Å². The van der Waals surface area contributed by atoms with E-state index in [9.17, 15) is 4.79 Å². The van der Waals surface area contributed by atoms with Crippen molar-refractivity contribution in [3.63, 3.8) is 0 Å². The van der Waals surface area contributed by atoms with E-state index in [1.54, 1.807) is 17.2 Å². The number of carbonyl (C=O) groups is 1. The van der Waals surface area contributed by atoms with Crippen LogP contribution in [0.5, 0.6) is 0 Å². The van der Waals surface area contributed by atoms with Crippen LogP contribution in [0.2, 0.25) is 0 Å². The Labute approximate surface area is 164 Å². The minimum Gasteiger partial charge on any atom is -0.439 e. The molecule has 142 valence electrons. The fraction of sp³-hybridized carbons (Fsp3) is 0.227. The molecule has 0 radical (unpaired) electrons. The number of cyclic esters (lactones) is 1. The fourth-order valence-electron chi connectivity index (χ4n) is 3.43. The van der Waals surface area contributed by atoms with E-state index in [-0.39, 0.29) is 18.2 Å². The highest BCUT2D eigenvalue weighted by atomic mass is 16.6. The molecule has 1 aromatic heterocycles. The Morgan fingerprint density at radius 1 is 1.04 bits per heavy atom. The van der Waals surface area contributed by atoms with Crippen LogP contribution >= 0.6 is 0 Å². The van der Waals surface area contributed by atoms with E-state index in [1.165, 1.54) is 0 Å². The van der Waals surface area contributed by atoms with Crippen LogP contribution < -0.4 is 10.2 Å². The number of aromatic nitrogens is 2. The number of amides is 1. The summed E-state index contributed by atoms with van der Waals surface area (Å²) in [5, 5.41) is 3.29. The molecule has 1 N–H and O–H groups in total. The molecule has 1 amide bonds. The smallest absolute Gasteiger partial charge is 0.416 e. The molecule has 3 atom stereocenters. The number of nitrogens with zero attached hydrogens (tertiary/aromatic N) is 3. The van der Waals surface area contributed by atoms with Crippen molar-refractivity contribution >= 4 is 17.9 Å².